The molecule has 1 N–H and O–H groups in total. The van der Waals surface area contributed by atoms with Crippen molar-refractivity contribution in [2.24, 2.45) is 0 Å². The Morgan fingerprint density at radius 3 is 3.00 bits per heavy atom. The number of hydrogen-bond donors (Lipinski definition) is 1. The first-order valence-electron chi connectivity index (χ1n) is 8.51. The van der Waals surface area contributed by atoms with E-state index in [0.29, 0.717) is 13.1 Å². The third kappa shape index (κ3) is 4.42. The first kappa shape index (κ1) is 19.7. The van der Waals surface area contributed by atoms with Crippen molar-refractivity contribution < 1.29 is 17.6 Å². The number of piperidine rings is 1. The second kappa shape index (κ2) is 8.28. The lowest BCUT2D eigenvalue weighted by Gasteiger charge is -2.32. The molecule has 144 valence electrons. The lowest BCUT2D eigenvalue weighted by molar-refractivity contribution is 0.0706. The summed E-state index contributed by atoms with van der Waals surface area (Å²) in [6.07, 6.45) is 4.89. The van der Waals surface area contributed by atoms with Gasteiger partial charge in [0.2, 0.25) is 10.0 Å². The molecule has 1 saturated heterocycles. The molecule has 0 spiro atoms. The predicted molar refractivity (Wildman–Crippen MR) is 102 cm³/mol. The highest BCUT2D eigenvalue weighted by atomic mass is 32.2. The second-order valence-electron chi connectivity index (χ2n) is 6.25. The summed E-state index contributed by atoms with van der Waals surface area (Å²) in [6.45, 7) is 4.50. The van der Waals surface area contributed by atoms with E-state index in [1.165, 1.54) is 12.1 Å². The number of hydrogen-bond acceptors (Lipinski definition) is 5. The van der Waals surface area contributed by atoms with Crippen LogP contribution in [0.15, 0.2) is 47.3 Å². The maximum atomic E-state index is 14.1. The van der Waals surface area contributed by atoms with Gasteiger partial charge in [-0.25, -0.2) is 22.5 Å². The van der Waals surface area contributed by atoms with Crippen molar-refractivity contribution in [2.75, 3.05) is 19.6 Å². The fraction of sp³-hybridized carbons (Fsp3) is 0.333. The largest absolute Gasteiger partial charge is 0.338 e. The molecule has 9 heteroatoms. The van der Waals surface area contributed by atoms with E-state index in [4.69, 9.17) is 0 Å². The Morgan fingerprint density at radius 1 is 1.48 bits per heavy atom. The molecule has 1 amide bonds. The Kier molecular flexibility index (Phi) is 6.03. The van der Waals surface area contributed by atoms with Crippen molar-refractivity contribution in [1.82, 2.24) is 14.6 Å². The summed E-state index contributed by atoms with van der Waals surface area (Å²) < 4.78 is 40.8. The average Bonchev–Trinajstić information content (AvgIpc) is 3.21. The first-order valence-corrected chi connectivity index (χ1v) is 10.9. The molecule has 1 aromatic heterocycles. The summed E-state index contributed by atoms with van der Waals surface area (Å²) in [5.74, 6) is -1.04. The molecule has 1 aromatic carbocycles. The van der Waals surface area contributed by atoms with Crippen LogP contribution in [-0.2, 0) is 10.0 Å². The number of amides is 1. The summed E-state index contributed by atoms with van der Waals surface area (Å²) in [5.41, 5.74) is 0.148. The Balaban J connectivity index is 1.82. The molecule has 2 heterocycles. The minimum atomic E-state index is -4.06. The zero-order valence-corrected chi connectivity index (χ0v) is 16.2. The third-order valence-electron chi connectivity index (χ3n) is 4.39. The van der Waals surface area contributed by atoms with Gasteiger partial charge < -0.3 is 4.90 Å². The number of likely N-dealkylation sites (tertiary alicyclic amines) is 1. The molecular formula is C18H20FN3O3S2. The van der Waals surface area contributed by atoms with E-state index in [2.05, 4.69) is 16.3 Å². The van der Waals surface area contributed by atoms with Crippen LogP contribution in [0, 0.1) is 5.82 Å². The van der Waals surface area contributed by atoms with E-state index in [0.717, 1.165) is 30.0 Å². The molecule has 2 aromatic rings. The molecule has 1 atom stereocenters. The van der Waals surface area contributed by atoms with Crippen LogP contribution in [0.2, 0.25) is 0 Å². The average molecular weight is 410 g/mol. The number of halogens is 1. The number of aromatic nitrogens is 1. The van der Waals surface area contributed by atoms with Crippen molar-refractivity contribution in [3.05, 3.63) is 58.8 Å². The van der Waals surface area contributed by atoms with E-state index in [1.54, 1.807) is 22.4 Å². The van der Waals surface area contributed by atoms with Crippen LogP contribution in [0.5, 0.6) is 0 Å². The Hall–Kier alpha value is -2.10. The highest BCUT2D eigenvalue weighted by Gasteiger charge is 2.28. The van der Waals surface area contributed by atoms with Gasteiger partial charge in [0.05, 0.1) is 5.01 Å². The Bertz CT molecular complexity index is 929. The van der Waals surface area contributed by atoms with Crippen molar-refractivity contribution >= 4 is 27.3 Å². The maximum Gasteiger partial charge on any atom is 0.253 e. The molecule has 1 aliphatic rings. The smallest absolute Gasteiger partial charge is 0.253 e. The van der Waals surface area contributed by atoms with Gasteiger partial charge in [0, 0.05) is 42.7 Å². The topological polar surface area (TPSA) is 79.4 Å². The number of nitrogens with one attached hydrogen (secondary N) is 1. The number of thiazole rings is 1. The Morgan fingerprint density at radius 2 is 2.30 bits per heavy atom. The van der Waals surface area contributed by atoms with Crippen molar-refractivity contribution in [3.63, 3.8) is 0 Å². The van der Waals surface area contributed by atoms with Crippen LogP contribution >= 0.6 is 11.3 Å². The molecular weight excluding hydrogens is 389 g/mol. The van der Waals surface area contributed by atoms with E-state index >= 15 is 0 Å². The number of sulfonamides is 1. The monoisotopic (exact) mass is 409 g/mol. The van der Waals surface area contributed by atoms with Crippen molar-refractivity contribution in [1.29, 1.82) is 0 Å². The van der Waals surface area contributed by atoms with Crippen molar-refractivity contribution in [3.8, 4) is 0 Å². The van der Waals surface area contributed by atoms with E-state index < -0.39 is 20.7 Å². The van der Waals surface area contributed by atoms with Gasteiger partial charge in [-0.05, 0) is 31.0 Å². The third-order valence-corrected chi connectivity index (χ3v) is 6.77. The number of nitrogens with zero attached hydrogens (tertiary/aromatic N) is 2. The van der Waals surface area contributed by atoms with E-state index in [-0.39, 0.29) is 23.9 Å². The van der Waals surface area contributed by atoms with E-state index in [9.17, 15) is 17.6 Å². The molecule has 0 bridgehead atoms. The summed E-state index contributed by atoms with van der Waals surface area (Å²) in [7, 11) is -4.06. The Labute approximate surface area is 161 Å². The molecule has 1 aliphatic heterocycles. The molecule has 1 fully saturated rings. The van der Waals surface area contributed by atoms with E-state index in [1.807, 2.05) is 5.38 Å². The number of benzene rings is 1. The molecule has 3 rings (SSSR count). The maximum absolute atomic E-state index is 14.1. The van der Waals surface area contributed by atoms with Gasteiger partial charge >= 0.3 is 0 Å². The zero-order chi connectivity index (χ0) is 19.4. The van der Waals surface area contributed by atoms with Crippen LogP contribution in [0.1, 0.15) is 34.1 Å². The lowest BCUT2D eigenvalue weighted by Crippen LogP contribution is -2.39. The van der Waals surface area contributed by atoms with Crippen molar-refractivity contribution in [2.45, 2.75) is 23.7 Å². The fourth-order valence-corrected chi connectivity index (χ4v) is 4.94. The summed E-state index contributed by atoms with van der Waals surface area (Å²) in [6, 6.07) is 3.42. The van der Waals surface area contributed by atoms with Gasteiger partial charge in [-0.2, -0.15) is 0 Å². The number of rotatable bonds is 6. The summed E-state index contributed by atoms with van der Waals surface area (Å²) >= 11 is 1.56. The van der Waals surface area contributed by atoms with Gasteiger partial charge in [-0.3, -0.25) is 4.79 Å². The number of carbonyl (C=O) groups is 1. The normalized spacial score (nSPS) is 17.7. The lowest BCUT2D eigenvalue weighted by atomic mass is 9.98. The van der Waals surface area contributed by atoms with Crippen LogP contribution in [0.3, 0.4) is 0 Å². The quantitative estimate of drug-likeness (QED) is 0.744. The SMILES string of the molecule is C=CCNS(=O)(=O)c1cc(C(=O)N2CCCC(c3nccs3)C2)ccc1F. The highest BCUT2D eigenvalue weighted by Crippen LogP contribution is 2.29. The highest BCUT2D eigenvalue weighted by molar-refractivity contribution is 7.89. The van der Waals surface area contributed by atoms with Gasteiger partial charge in [0.1, 0.15) is 10.7 Å². The van der Waals surface area contributed by atoms with Crippen LogP contribution in [0.4, 0.5) is 4.39 Å². The minimum absolute atomic E-state index is 0.0262. The van der Waals surface area contributed by atoms with Gasteiger partial charge in [-0.15, -0.1) is 17.9 Å². The molecule has 1 unspecified atom stereocenters. The fourth-order valence-electron chi connectivity index (χ4n) is 3.07. The number of carbonyl (C=O) groups excluding carboxylic acids is 1. The summed E-state index contributed by atoms with van der Waals surface area (Å²) in [5, 5.41) is 2.90. The van der Waals surface area contributed by atoms with Gasteiger partial charge in [0.25, 0.3) is 5.91 Å². The van der Waals surface area contributed by atoms with Gasteiger partial charge in [-0.1, -0.05) is 6.08 Å². The van der Waals surface area contributed by atoms with Crippen LogP contribution in [-0.4, -0.2) is 43.8 Å². The van der Waals surface area contributed by atoms with Crippen LogP contribution < -0.4 is 4.72 Å². The molecule has 0 aliphatic carbocycles. The molecule has 0 radical (unpaired) electrons. The van der Waals surface area contributed by atoms with Gasteiger partial charge in [0.15, 0.2) is 0 Å². The second-order valence-corrected chi connectivity index (χ2v) is 8.91. The predicted octanol–water partition coefficient (Wildman–Crippen LogP) is 2.77. The molecule has 6 nitrogen and oxygen atoms in total. The summed E-state index contributed by atoms with van der Waals surface area (Å²) in [4.78, 5) is 18.3. The zero-order valence-electron chi connectivity index (χ0n) is 14.6. The molecule has 0 saturated carbocycles. The molecule has 27 heavy (non-hydrogen) atoms. The van der Waals surface area contributed by atoms with Crippen LogP contribution in [0.25, 0.3) is 0 Å². The first-order chi connectivity index (χ1) is 12.9. The standard InChI is InChI=1S/C18H20FN3O3S2/c1-2-7-21-27(24,25)16-11-13(5-6-15(16)19)18(23)22-9-3-4-14(12-22)17-20-8-10-26-17/h2,5-6,8,10-11,14,21H,1,3-4,7,9,12H2. The minimum Gasteiger partial charge on any atom is -0.338 e.